The average Bonchev–Trinajstić information content (AvgIpc) is 2.76. The maximum atomic E-state index is 12.6. The lowest BCUT2D eigenvalue weighted by Crippen LogP contribution is -2.35. The zero-order chi connectivity index (χ0) is 21.1. The third-order valence-electron chi connectivity index (χ3n) is 5.32. The lowest BCUT2D eigenvalue weighted by molar-refractivity contribution is -0.122. The number of rotatable bonds is 6. The fourth-order valence-electron chi connectivity index (χ4n) is 3.70. The van der Waals surface area contributed by atoms with Gasteiger partial charge in [0.1, 0.15) is 0 Å². The Bertz CT molecular complexity index is 1170. The van der Waals surface area contributed by atoms with E-state index in [-0.39, 0.29) is 35.7 Å². The first-order valence-electron chi connectivity index (χ1n) is 10.00. The summed E-state index contributed by atoms with van der Waals surface area (Å²) >= 11 is 0. The van der Waals surface area contributed by atoms with Gasteiger partial charge in [-0.15, -0.1) is 0 Å². The van der Waals surface area contributed by atoms with Crippen LogP contribution in [-0.4, -0.2) is 21.4 Å². The molecule has 154 valence electrons. The molecule has 4 rings (SSSR count). The van der Waals surface area contributed by atoms with Gasteiger partial charge < -0.3 is 5.32 Å². The average molecular weight is 405 g/mol. The van der Waals surface area contributed by atoms with Gasteiger partial charge in [-0.2, -0.15) is 0 Å². The van der Waals surface area contributed by atoms with Crippen LogP contribution in [0.25, 0.3) is 10.9 Å². The third kappa shape index (κ3) is 3.89. The van der Waals surface area contributed by atoms with Crippen molar-refractivity contribution < 1.29 is 9.59 Å². The van der Waals surface area contributed by atoms with E-state index in [0.29, 0.717) is 30.3 Å². The van der Waals surface area contributed by atoms with Gasteiger partial charge in [0.2, 0.25) is 17.8 Å². The molecule has 0 fully saturated rings. The Morgan fingerprint density at radius 1 is 1.17 bits per heavy atom. The van der Waals surface area contributed by atoms with Crippen LogP contribution in [0, 0.1) is 5.92 Å². The number of aromatic nitrogens is 2. The fourth-order valence-corrected chi connectivity index (χ4v) is 3.70. The van der Waals surface area contributed by atoms with Crippen LogP contribution in [0.4, 0.5) is 11.6 Å². The Kier molecular flexibility index (Phi) is 5.47. The molecule has 0 spiro atoms. The Morgan fingerprint density at radius 2 is 1.93 bits per heavy atom. The van der Waals surface area contributed by atoms with Crippen LogP contribution in [0.1, 0.15) is 25.3 Å². The van der Waals surface area contributed by atoms with E-state index in [2.05, 4.69) is 21.2 Å². The van der Waals surface area contributed by atoms with Gasteiger partial charge in [0.15, 0.2) is 0 Å². The number of nitrogens with zero attached hydrogens (tertiary/aromatic N) is 2. The minimum absolute atomic E-state index is 0.0644. The number of hydrazine groups is 1. The lowest BCUT2D eigenvalue weighted by atomic mass is 9.89. The summed E-state index contributed by atoms with van der Waals surface area (Å²) < 4.78 is 1.47. The maximum absolute atomic E-state index is 12.6. The smallest absolute Gasteiger partial charge is 0.262 e. The number of carbonyl (C=O) groups excluding carboxylic acids is 2. The normalized spacial score (nSPS) is 15.4. The van der Waals surface area contributed by atoms with Crippen LogP contribution in [0.15, 0.2) is 53.3 Å². The third-order valence-corrected chi connectivity index (χ3v) is 5.32. The highest BCUT2D eigenvalue weighted by molar-refractivity contribution is 5.96. The number of para-hydroxylation sites is 2. The van der Waals surface area contributed by atoms with Crippen molar-refractivity contribution in [3.8, 4) is 0 Å². The molecule has 3 aromatic rings. The van der Waals surface area contributed by atoms with Crippen LogP contribution in [0.3, 0.4) is 0 Å². The van der Waals surface area contributed by atoms with Crippen LogP contribution in [-0.2, 0) is 22.6 Å². The van der Waals surface area contributed by atoms with Crippen molar-refractivity contribution in [3.63, 3.8) is 0 Å². The van der Waals surface area contributed by atoms with E-state index < -0.39 is 0 Å². The molecule has 1 aromatic heterocycles. The number of nitrogens with one attached hydrogen (secondary N) is 3. The minimum Gasteiger partial charge on any atom is -0.326 e. The zero-order valence-electron chi connectivity index (χ0n) is 16.6. The van der Waals surface area contributed by atoms with Crippen LogP contribution < -0.4 is 21.7 Å². The summed E-state index contributed by atoms with van der Waals surface area (Å²) in [6, 6.07) is 14.8. The highest BCUT2D eigenvalue weighted by atomic mass is 16.2. The molecule has 0 saturated carbocycles. The summed E-state index contributed by atoms with van der Waals surface area (Å²) in [5.74, 6) is -0.311. The minimum atomic E-state index is -0.272. The first kappa shape index (κ1) is 19.6. The standard InChI is InChI=1S/C22H23N5O3/c1-2-27-21(30)16-8-4-6-10-18(16)24-22(27)26-25-19(28)12-11-15-13-14-7-3-5-9-17(14)23-20(15)29/h3-10,15H,2,11-13H2,1H3,(H,23,29)(H,24,26)(H,25,28). The Morgan fingerprint density at radius 3 is 2.77 bits per heavy atom. The molecule has 1 aliphatic heterocycles. The molecular formula is C22H23N5O3. The van der Waals surface area contributed by atoms with Crippen molar-refractivity contribution >= 4 is 34.4 Å². The Labute approximate surface area is 173 Å². The summed E-state index contributed by atoms with van der Waals surface area (Å²) in [6.07, 6.45) is 1.22. The van der Waals surface area contributed by atoms with Gasteiger partial charge >= 0.3 is 0 Å². The second-order valence-electron chi connectivity index (χ2n) is 7.26. The number of anilines is 2. The molecule has 2 amide bonds. The van der Waals surface area contributed by atoms with Gasteiger partial charge in [0, 0.05) is 24.6 Å². The Hall–Kier alpha value is -3.68. The second-order valence-corrected chi connectivity index (χ2v) is 7.26. The van der Waals surface area contributed by atoms with Crippen LogP contribution in [0.2, 0.25) is 0 Å². The molecule has 0 radical (unpaired) electrons. The van der Waals surface area contributed by atoms with E-state index in [0.717, 1.165) is 11.3 Å². The topological polar surface area (TPSA) is 105 Å². The molecule has 3 N–H and O–H groups in total. The van der Waals surface area contributed by atoms with E-state index in [1.807, 2.05) is 31.2 Å². The number of hydrogen-bond donors (Lipinski definition) is 3. The van der Waals surface area contributed by atoms with Gasteiger partial charge in [-0.3, -0.25) is 29.8 Å². The van der Waals surface area contributed by atoms with E-state index in [1.54, 1.807) is 24.3 Å². The molecule has 1 unspecified atom stereocenters. The Balaban J connectivity index is 1.39. The molecule has 8 heteroatoms. The van der Waals surface area contributed by atoms with Gasteiger partial charge in [-0.05, 0) is 43.5 Å². The highest BCUT2D eigenvalue weighted by Crippen LogP contribution is 2.27. The van der Waals surface area contributed by atoms with E-state index in [4.69, 9.17) is 0 Å². The van der Waals surface area contributed by atoms with Crippen molar-refractivity contribution in [3.05, 3.63) is 64.4 Å². The predicted octanol–water partition coefficient (Wildman–Crippen LogP) is 2.45. The lowest BCUT2D eigenvalue weighted by Gasteiger charge is -2.24. The fraction of sp³-hybridized carbons (Fsp3) is 0.273. The number of amides is 2. The van der Waals surface area contributed by atoms with Crippen LogP contribution in [0.5, 0.6) is 0 Å². The predicted molar refractivity (Wildman–Crippen MR) is 115 cm³/mol. The zero-order valence-corrected chi connectivity index (χ0v) is 16.6. The van der Waals surface area contributed by atoms with E-state index in [1.165, 1.54) is 4.57 Å². The number of fused-ring (bicyclic) bond motifs is 2. The van der Waals surface area contributed by atoms with Crippen molar-refractivity contribution in [2.24, 2.45) is 5.92 Å². The molecule has 30 heavy (non-hydrogen) atoms. The van der Waals surface area contributed by atoms with Crippen molar-refractivity contribution in [2.45, 2.75) is 32.7 Å². The molecule has 0 saturated heterocycles. The van der Waals surface area contributed by atoms with Crippen molar-refractivity contribution in [1.29, 1.82) is 0 Å². The van der Waals surface area contributed by atoms with Gasteiger partial charge in [-0.25, -0.2) is 4.98 Å². The largest absolute Gasteiger partial charge is 0.326 e. The maximum Gasteiger partial charge on any atom is 0.262 e. The molecule has 1 atom stereocenters. The molecular weight excluding hydrogens is 382 g/mol. The first-order valence-corrected chi connectivity index (χ1v) is 10.00. The summed E-state index contributed by atoms with van der Waals surface area (Å²) in [5.41, 5.74) is 7.66. The summed E-state index contributed by atoms with van der Waals surface area (Å²) in [5, 5.41) is 3.42. The molecule has 0 bridgehead atoms. The number of benzene rings is 2. The monoisotopic (exact) mass is 405 g/mol. The molecule has 0 aliphatic carbocycles. The molecule has 1 aliphatic rings. The summed E-state index contributed by atoms with van der Waals surface area (Å²) in [6.45, 7) is 2.25. The van der Waals surface area contributed by atoms with Crippen molar-refractivity contribution in [2.75, 3.05) is 10.7 Å². The molecule has 8 nitrogen and oxygen atoms in total. The number of carbonyl (C=O) groups is 2. The summed E-state index contributed by atoms with van der Waals surface area (Å²) in [4.78, 5) is 41.7. The van der Waals surface area contributed by atoms with E-state index >= 15 is 0 Å². The van der Waals surface area contributed by atoms with E-state index in [9.17, 15) is 14.4 Å². The van der Waals surface area contributed by atoms with Gasteiger partial charge in [-0.1, -0.05) is 30.3 Å². The molecule has 2 aromatic carbocycles. The van der Waals surface area contributed by atoms with Crippen molar-refractivity contribution in [1.82, 2.24) is 15.0 Å². The number of hydrogen-bond acceptors (Lipinski definition) is 5. The second kappa shape index (κ2) is 8.36. The van der Waals surface area contributed by atoms with Gasteiger partial charge in [0.05, 0.1) is 10.9 Å². The SMILES string of the molecule is CCn1c(NNC(=O)CCC2Cc3ccccc3NC2=O)nc2ccccc2c1=O. The molecule has 2 heterocycles. The summed E-state index contributed by atoms with van der Waals surface area (Å²) in [7, 11) is 0. The highest BCUT2D eigenvalue weighted by Gasteiger charge is 2.26. The first-order chi connectivity index (χ1) is 14.6. The quantitative estimate of drug-likeness (QED) is 0.547. The van der Waals surface area contributed by atoms with Crippen LogP contribution >= 0.6 is 0 Å². The van der Waals surface area contributed by atoms with Gasteiger partial charge in [0.25, 0.3) is 5.56 Å².